The van der Waals surface area contributed by atoms with Crippen molar-refractivity contribution >= 4 is 0 Å². The molecule has 3 atom stereocenters. The Morgan fingerprint density at radius 2 is 2.29 bits per heavy atom. The van der Waals surface area contributed by atoms with Crippen molar-refractivity contribution in [1.29, 1.82) is 0 Å². The van der Waals surface area contributed by atoms with E-state index in [4.69, 9.17) is 10.2 Å². The lowest BCUT2D eigenvalue weighted by atomic mass is 10.2. The molecule has 0 aliphatic heterocycles. The largest absolute Gasteiger partial charge is 0.464 e. The fraction of sp³-hybridized carbons (Fsp3) is 0.562. The van der Waals surface area contributed by atoms with Crippen molar-refractivity contribution in [3.8, 4) is 0 Å². The van der Waals surface area contributed by atoms with Crippen molar-refractivity contribution in [2.75, 3.05) is 13.6 Å². The molecule has 0 spiro atoms. The van der Waals surface area contributed by atoms with Crippen LogP contribution in [-0.2, 0) is 13.6 Å². The second-order valence-electron chi connectivity index (χ2n) is 6.18. The molecular formula is C16H24N4O. The fourth-order valence-electron chi connectivity index (χ4n) is 2.86. The van der Waals surface area contributed by atoms with Crippen LogP contribution in [0.4, 0.5) is 0 Å². The zero-order valence-corrected chi connectivity index (χ0v) is 13.0. The zero-order chi connectivity index (χ0) is 15.0. The Morgan fingerprint density at radius 3 is 2.86 bits per heavy atom. The van der Waals surface area contributed by atoms with E-state index in [9.17, 15) is 0 Å². The molecule has 0 aromatic carbocycles. The lowest BCUT2D eigenvalue weighted by Gasteiger charge is -2.24. The van der Waals surface area contributed by atoms with E-state index in [0.717, 1.165) is 29.8 Å². The second kappa shape index (κ2) is 5.66. The molecule has 0 bridgehead atoms. The summed E-state index contributed by atoms with van der Waals surface area (Å²) < 4.78 is 8.08. The number of furan rings is 1. The van der Waals surface area contributed by atoms with E-state index in [1.54, 1.807) is 0 Å². The molecule has 1 fully saturated rings. The third kappa shape index (κ3) is 2.89. The van der Waals surface area contributed by atoms with Gasteiger partial charge in [0.15, 0.2) is 0 Å². The maximum atomic E-state index is 6.05. The molecule has 2 N–H and O–H groups in total. The molecule has 3 rings (SSSR count). The number of imidazole rings is 1. The number of nitrogens with two attached hydrogens (primary N) is 1. The van der Waals surface area contributed by atoms with Gasteiger partial charge in [0.1, 0.15) is 17.3 Å². The Kier molecular flexibility index (Phi) is 3.87. The monoisotopic (exact) mass is 288 g/mol. The van der Waals surface area contributed by atoms with Gasteiger partial charge in [-0.15, -0.1) is 0 Å². The molecule has 1 aliphatic rings. The van der Waals surface area contributed by atoms with Gasteiger partial charge in [-0.05, 0) is 31.5 Å². The summed E-state index contributed by atoms with van der Waals surface area (Å²) in [5.74, 6) is 4.46. The number of likely N-dealkylation sites (N-methyl/N-ethyl adjacent to an activating group) is 1. The first-order valence-electron chi connectivity index (χ1n) is 7.56. The fourth-order valence-corrected chi connectivity index (χ4v) is 2.86. The summed E-state index contributed by atoms with van der Waals surface area (Å²) in [5.41, 5.74) is 5.97. The van der Waals surface area contributed by atoms with Crippen LogP contribution in [0.25, 0.3) is 0 Å². The van der Waals surface area contributed by atoms with E-state index < -0.39 is 0 Å². The molecule has 2 aromatic heterocycles. The highest BCUT2D eigenvalue weighted by atomic mass is 16.3. The molecule has 0 radical (unpaired) electrons. The van der Waals surface area contributed by atoms with Crippen LogP contribution >= 0.6 is 0 Å². The van der Waals surface area contributed by atoms with Gasteiger partial charge >= 0.3 is 0 Å². The van der Waals surface area contributed by atoms with Gasteiger partial charge in [0.2, 0.25) is 0 Å². The Morgan fingerprint density at radius 1 is 1.52 bits per heavy atom. The number of nitrogens with zero attached hydrogens (tertiary/aromatic N) is 3. The summed E-state index contributed by atoms with van der Waals surface area (Å²) in [6, 6.07) is 4.28. The first-order valence-corrected chi connectivity index (χ1v) is 7.56. The van der Waals surface area contributed by atoms with E-state index >= 15 is 0 Å². The Labute approximate surface area is 125 Å². The standard InChI is InChI=1S/C16H24N4O/c1-11-8-12(11)14-4-5-15(21-14)13(9-17)20(3)10-16-18-6-7-19(16)2/h4-7,11-13H,8-10,17H2,1-3H3. The Balaban J connectivity index is 1.71. The second-order valence-corrected chi connectivity index (χ2v) is 6.18. The Hall–Kier alpha value is -1.59. The van der Waals surface area contributed by atoms with Gasteiger partial charge in [-0.25, -0.2) is 4.98 Å². The third-order valence-electron chi connectivity index (χ3n) is 4.52. The quantitative estimate of drug-likeness (QED) is 0.886. The molecule has 5 nitrogen and oxygen atoms in total. The van der Waals surface area contributed by atoms with Gasteiger partial charge in [-0.1, -0.05) is 6.92 Å². The van der Waals surface area contributed by atoms with E-state index in [0.29, 0.717) is 12.5 Å². The van der Waals surface area contributed by atoms with Gasteiger partial charge < -0.3 is 14.7 Å². The Bertz CT molecular complexity index is 603. The predicted octanol–water partition coefficient (Wildman–Crippen LogP) is 2.27. The highest BCUT2D eigenvalue weighted by molar-refractivity contribution is 5.19. The third-order valence-corrected chi connectivity index (χ3v) is 4.52. The average molecular weight is 288 g/mol. The van der Waals surface area contributed by atoms with Crippen molar-refractivity contribution in [1.82, 2.24) is 14.5 Å². The van der Waals surface area contributed by atoms with Crippen LogP contribution in [0.15, 0.2) is 28.9 Å². The van der Waals surface area contributed by atoms with Gasteiger partial charge in [-0.3, -0.25) is 4.90 Å². The number of aromatic nitrogens is 2. The van der Waals surface area contributed by atoms with E-state index in [2.05, 4.69) is 36.0 Å². The molecule has 2 heterocycles. The molecule has 114 valence electrons. The zero-order valence-electron chi connectivity index (χ0n) is 13.0. The molecule has 0 amide bonds. The van der Waals surface area contributed by atoms with Crippen LogP contribution in [0, 0.1) is 5.92 Å². The first kappa shape index (κ1) is 14.4. The molecule has 0 saturated heterocycles. The van der Waals surface area contributed by atoms with Crippen LogP contribution < -0.4 is 5.73 Å². The van der Waals surface area contributed by atoms with Crippen LogP contribution in [0.3, 0.4) is 0 Å². The van der Waals surface area contributed by atoms with Gasteiger partial charge in [0.05, 0.1) is 12.6 Å². The maximum absolute atomic E-state index is 6.05. The minimum atomic E-state index is 0.0875. The van der Waals surface area contributed by atoms with Crippen LogP contribution in [-0.4, -0.2) is 28.0 Å². The lowest BCUT2D eigenvalue weighted by molar-refractivity contribution is 0.204. The summed E-state index contributed by atoms with van der Waals surface area (Å²) in [5, 5.41) is 0. The van der Waals surface area contributed by atoms with Gasteiger partial charge in [-0.2, -0.15) is 0 Å². The van der Waals surface area contributed by atoms with Gasteiger partial charge in [0, 0.05) is 31.9 Å². The van der Waals surface area contributed by atoms with E-state index in [1.807, 2.05) is 24.0 Å². The molecular weight excluding hydrogens is 264 g/mol. The summed E-state index contributed by atoms with van der Waals surface area (Å²) >= 11 is 0. The number of hydrogen-bond acceptors (Lipinski definition) is 4. The minimum Gasteiger partial charge on any atom is -0.464 e. The SMILES string of the molecule is CC1CC1c1ccc(C(CN)N(C)Cc2nccn2C)o1. The average Bonchev–Trinajstić information content (AvgIpc) is 2.86. The van der Waals surface area contributed by atoms with Crippen molar-refractivity contribution in [2.24, 2.45) is 18.7 Å². The lowest BCUT2D eigenvalue weighted by Crippen LogP contribution is -2.30. The molecule has 1 saturated carbocycles. The van der Waals surface area contributed by atoms with Gasteiger partial charge in [0.25, 0.3) is 0 Å². The minimum absolute atomic E-state index is 0.0875. The molecule has 3 unspecified atom stereocenters. The molecule has 2 aromatic rings. The molecule has 5 heteroatoms. The van der Waals surface area contributed by atoms with E-state index in [1.165, 1.54) is 6.42 Å². The van der Waals surface area contributed by atoms with Crippen molar-refractivity contribution < 1.29 is 4.42 Å². The van der Waals surface area contributed by atoms with Crippen molar-refractivity contribution in [2.45, 2.75) is 31.8 Å². The van der Waals surface area contributed by atoms with Crippen LogP contribution in [0.1, 0.15) is 42.6 Å². The summed E-state index contributed by atoms with van der Waals surface area (Å²) in [6.45, 7) is 3.55. The molecule has 1 aliphatic carbocycles. The number of hydrogen-bond donors (Lipinski definition) is 1. The van der Waals surface area contributed by atoms with Crippen LogP contribution in [0.5, 0.6) is 0 Å². The normalized spacial score (nSPS) is 22.7. The predicted molar refractivity (Wildman–Crippen MR) is 81.7 cm³/mol. The highest BCUT2D eigenvalue weighted by Crippen LogP contribution is 2.47. The maximum Gasteiger partial charge on any atom is 0.122 e. The number of aryl methyl sites for hydroxylation is 1. The summed E-state index contributed by atoms with van der Waals surface area (Å²) in [7, 11) is 4.07. The first-order chi connectivity index (χ1) is 10.1. The van der Waals surface area contributed by atoms with E-state index in [-0.39, 0.29) is 6.04 Å². The summed E-state index contributed by atoms with van der Waals surface area (Å²) in [6.07, 6.45) is 5.02. The highest BCUT2D eigenvalue weighted by Gasteiger charge is 2.37. The van der Waals surface area contributed by atoms with Crippen LogP contribution in [0.2, 0.25) is 0 Å². The van der Waals surface area contributed by atoms with Crippen molar-refractivity contribution in [3.05, 3.63) is 41.9 Å². The molecule has 21 heavy (non-hydrogen) atoms. The smallest absolute Gasteiger partial charge is 0.122 e. The van der Waals surface area contributed by atoms with Crippen molar-refractivity contribution in [3.63, 3.8) is 0 Å². The number of rotatable bonds is 6. The topological polar surface area (TPSA) is 60.2 Å². The summed E-state index contributed by atoms with van der Waals surface area (Å²) in [4.78, 5) is 6.57.